The lowest BCUT2D eigenvalue weighted by Gasteiger charge is -2.27. The number of nitrogens with two attached hydrogens (primary N) is 1. The molecule has 0 aromatic heterocycles. The maximum absolute atomic E-state index is 6.31. The van der Waals surface area contributed by atoms with Crippen LogP contribution in [-0.4, -0.2) is 6.04 Å². The summed E-state index contributed by atoms with van der Waals surface area (Å²) in [7, 11) is 0. The second-order valence-corrected chi connectivity index (χ2v) is 5.44. The smallest absolute Gasteiger partial charge is 0.00672 e. The average molecular weight is 231 g/mol. The lowest BCUT2D eigenvalue weighted by atomic mass is 9.82. The first kappa shape index (κ1) is 12.6. The van der Waals surface area contributed by atoms with Crippen molar-refractivity contribution in [2.45, 2.75) is 57.4 Å². The fraction of sp³-hybridized carbons (Fsp3) is 0.625. The van der Waals surface area contributed by atoms with Crippen LogP contribution in [-0.2, 0) is 6.42 Å². The molecular weight excluding hydrogens is 206 g/mol. The van der Waals surface area contributed by atoms with E-state index in [0.717, 1.165) is 5.92 Å². The highest BCUT2D eigenvalue weighted by atomic mass is 14.6. The number of rotatable bonds is 5. The Morgan fingerprint density at radius 1 is 1.06 bits per heavy atom. The van der Waals surface area contributed by atoms with Crippen molar-refractivity contribution in [1.29, 1.82) is 0 Å². The second-order valence-electron chi connectivity index (χ2n) is 5.44. The van der Waals surface area contributed by atoms with E-state index >= 15 is 0 Å². The van der Waals surface area contributed by atoms with Crippen LogP contribution >= 0.6 is 0 Å². The first-order valence-corrected chi connectivity index (χ1v) is 7.16. The molecule has 0 amide bonds. The van der Waals surface area contributed by atoms with E-state index in [1.54, 1.807) is 0 Å². The van der Waals surface area contributed by atoms with Crippen LogP contribution in [0.4, 0.5) is 0 Å². The fourth-order valence-electron chi connectivity index (χ4n) is 2.98. The molecule has 17 heavy (non-hydrogen) atoms. The van der Waals surface area contributed by atoms with Crippen molar-refractivity contribution in [3.05, 3.63) is 35.9 Å². The van der Waals surface area contributed by atoms with Crippen molar-refractivity contribution in [2.24, 2.45) is 11.7 Å². The zero-order valence-electron chi connectivity index (χ0n) is 10.8. The second kappa shape index (κ2) is 6.80. The van der Waals surface area contributed by atoms with Crippen LogP contribution in [0.2, 0.25) is 0 Å². The molecule has 1 aromatic rings. The Hall–Kier alpha value is -0.820. The van der Waals surface area contributed by atoms with Gasteiger partial charge in [0.15, 0.2) is 0 Å². The lowest BCUT2D eigenvalue weighted by molar-refractivity contribution is 0.292. The van der Waals surface area contributed by atoms with Crippen LogP contribution in [0, 0.1) is 5.92 Å². The molecule has 94 valence electrons. The Morgan fingerprint density at radius 2 is 1.76 bits per heavy atom. The molecule has 1 atom stereocenters. The van der Waals surface area contributed by atoms with Gasteiger partial charge in [-0.15, -0.1) is 0 Å². The third-order valence-corrected chi connectivity index (χ3v) is 4.10. The highest BCUT2D eigenvalue weighted by Crippen LogP contribution is 2.27. The summed E-state index contributed by atoms with van der Waals surface area (Å²) < 4.78 is 0. The standard InChI is InChI=1S/C16H25N/c17-16(15-11-5-2-6-12-15)13-7-10-14-8-3-1-4-9-14/h1,3-4,8-9,15-16H,2,5-7,10-13,17H2. The molecule has 1 aliphatic rings. The normalized spacial score (nSPS) is 19.1. The van der Waals surface area contributed by atoms with E-state index < -0.39 is 0 Å². The fourth-order valence-corrected chi connectivity index (χ4v) is 2.98. The maximum Gasteiger partial charge on any atom is 0.00672 e. The molecular formula is C16H25N. The molecule has 1 fully saturated rings. The van der Waals surface area contributed by atoms with E-state index in [0.29, 0.717) is 6.04 Å². The van der Waals surface area contributed by atoms with Crippen LogP contribution < -0.4 is 5.73 Å². The summed E-state index contributed by atoms with van der Waals surface area (Å²) in [6, 6.07) is 11.2. The average Bonchev–Trinajstić information content (AvgIpc) is 2.41. The third kappa shape index (κ3) is 4.16. The van der Waals surface area contributed by atoms with E-state index in [1.165, 1.54) is 56.9 Å². The molecule has 0 aliphatic heterocycles. The minimum atomic E-state index is 0.444. The molecule has 2 N–H and O–H groups in total. The zero-order valence-corrected chi connectivity index (χ0v) is 10.8. The molecule has 0 heterocycles. The monoisotopic (exact) mass is 231 g/mol. The number of hydrogen-bond acceptors (Lipinski definition) is 1. The van der Waals surface area contributed by atoms with Gasteiger partial charge in [-0.25, -0.2) is 0 Å². The van der Waals surface area contributed by atoms with E-state index in [-0.39, 0.29) is 0 Å². The summed E-state index contributed by atoms with van der Waals surface area (Å²) in [5.41, 5.74) is 7.76. The molecule has 0 spiro atoms. The molecule has 1 nitrogen and oxygen atoms in total. The van der Waals surface area contributed by atoms with Gasteiger partial charge in [0.05, 0.1) is 0 Å². The van der Waals surface area contributed by atoms with Gasteiger partial charge in [-0.2, -0.15) is 0 Å². The Balaban J connectivity index is 1.67. The van der Waals surface area contributed by atoms with Gasteiger partial charge in [0.1, 0.15) is 0 Å². The van der Waals surface area contributed by atoms with Gasteiger partial charge >= 0.3 is 0 Å². The Kier molecular flexibility index (Phi) is 5.06. The quantitative estimate of drug-likeness (QED) is 0.816. The molecule has 1 heteroatoms. The Labute approximate surface area is 105 Å². The summed E-state index contributed by atoms with van der Waals surface area (Å²) in [4.78, 5) is 0. The third-order valence-electron chi connectivity index (χ3n) is 4.10. The predicted octanol–water partition coefficient (Wildman–Crippen LogP) is 3.92. The first-order valence-electron chi connectivity index (χ1n) is 7.16. The number of aryl methyl sites for hydroxylation is 1. The van der Waals surface area contributed by atoms with Gasteiger partial charge in [0.2, 0.25) is 0 Å². The summed E-state index contributed by atoms with van der Waals surface area (Å²) >= 11 is 0. The molecule has 0 radical (unpaired) electrons. The van der Waals surface area contributed by atoms with Gasteiger partial charge in [-0.05, 0) is 43.6 Å². The van der Waals surface area contributed by atoms with Crippen molar-refractivity contribution in [2.75, 3.05) is 0 Å². The minimum Gasteiger partial charge on any atom is -0.327 e. The van der Waals surface area contributed by atoms with Gasteiger partial charge in [0, 0.05) is 6.04 Å². The van der Waals surface area contributed by atoms with Gasteiger partial charge in [-0.1, -0.05) is 49.6 Å². The molecule has 1 unspecified atom stereocenters. The lowest BCUT2D eigenvalue weighted by Crippen LogP contribution is -2.31. The van der Waals surface area contributed by atoms with Crippen LogP contribution in [0.25, 0.3) is 0 Å². The van der Waals surface area contributed by atoms with Gasteiger partial charge < -0.3 is 5.73 Å². The topological polar surface area (TPSA) is 26.0 Å². The molecule has 0 bridgehead atoms. The first-order chi connectivity index (χ1) is 8.36. The zero-order chi connectivity index (χ0) is 11.9. The van der Waals surface area contributed by atoms with Crippen molar-refractivity contribution >= 4 is 0 Å². The van der Waals surface area contributed by atoms with E-state index in [9.17, 15) is 0 Å². The summed E-state index contributed by atoms with van der Waals surface area (Å²) in [5.74, 6) is 0.805. The minimum absolute atomic E-state index is 0.444. The molecule has 1 saturated carbocycles. The molecule has 1 aromatic carbocycles. The highest BCUT2D eigenvalue weighted by molar-refractivity contribution is 5.14. The molecule has 2 rings (SSSR count). The number of hydrogen-bond donors (Lipinski definition) is 1. The van der Waals surface area contributed by atoms with E-state index in [2.05, 4.69) is 30.3 Å². The number of benzene rings is 1. The highest BCUT2D eigenvalue weighted by Gasteiger charge is 2.19. The van der Waals surface area contributed by atoms with Gasteiger partial charge in [-0.3, -0.25) is 0 Å². The van der Waals surface area contributed by atoms with Crippen LogP contribution in [0.3, 0.4) is 0 Å². The summed E-state index contributed by atoms with van der Waals surface area (Å²) in [6.45, 7) is 0. The molecule has 0 saturated heterocycles. The summed E-state index contributed by atoms with van der Waals surface area (Å²) in [5, 5.41) is 0. The van der Waals surface area contributed by atoms with Crippen molar-refractivity contribution < 1.29 is 0 Å². The van der Waals surface area contributed by atoms with E-state index in [4.69, 9.17) is 5.73 Å². The van der Waals surface area contributed by atoms with Crippen LogP contribution in [0.5, 0.6) is 0 Å². The van der Waals surface area contributed by atoms with E-state index in [1.807, 2.05) is 0 Å². The largest absolute Gasteiger partial charge is 0.327 e. The Bertz CT molecular complexity index is 301. The van der Waals surface area contributed by atoms with Crippen molar-refractivity contribution in [3.8, 4) is 0 Å². The van der Waals surface area contributed by atoms with Crippen LogP contribution in [0.1, 0.15) is 50.5 Å². The van der Waals surface area contributed by atoms with Crippen molar-refractivity contribution in [1.82, 2.24) is 0 Å². The summed E-state index contributed by atoms with van der Waals surface area (Å²) in [6.07, 6.45) is 10.6. The van der Waals surface area contributed by atoms with Crippen LogP contribution in [0.15, 0.2) is 30.3 Å². The van der Waals surface area contributed by atoms with Gasteiger partial charge in [0.25, 0.3) is 0 Å². The predicted molar refractivity (Wildman–Crippen MR) is 73.9 cm³/mol. The maximum atomic E-state index is 6.31. The van der Waals surface area contributed by atoms with Crippen molar-refractivity contribution in [3.63, 3.8) is 0 Å². The molecule has 1 aliphatic carbocycles. The SMILES string of the molecule is NC(CCCc1ccccc1)C1CCCCC1. The Morgan fingerprint density at radius 3 is 2.47 bits per heavy atom.